The summed E-state index contributed by atoms with van der Waals surface area (Å²) in [5.41, 5.74) is 0.804. The standard InChI is InChI=1S/C13H14N4O4/c18-11(19)8(6-7-4-2-1-3-5-7)17-10-9(15-13(17)21)14-12(20)16-10/h1-5,8-10H,6H2,(H,15,21)(H,18,19)(H2,14,16,20)/t8-,9+,10-/m1/s1. The molecule has 1 aromatic carbocycles. The molecular weight excluding hydrogens is 276 g/mol. The van der Waals surface area contributed by atoms with Gasteiger partial charge < -0.3 is 21.1 Å². The van der Waals surface area contributed by atoms with Gasteiger partial charge in [-0.1, -0.05) is 30.3 Å². The van der Waals surface area contributed by atoms with Crippen molar-refractivity contribution in [1.29, 1.82) is 0 Å². The molecule has 3 rings (SSSR count). The number of aliphatic carboxylic acids is 1. The summed E-state index contributed by atoms with van der Waals surface area (Å²) in [5.74, 6) is -1.11. The van der Waals surface area contributed by atoms with Crippen molar-refractivity contribution in [3.8, 4) is 0 Å². The monoisotopic (exact) mass is 290 g/mol. The van der Waals surface area contributed by atoms with E-state index in [4.69, 9.17) is 0 Å². The summed E-state index contributed by atoms with van der Waals surface area (Å²) in [6.45, 7) is 0. The Kier molecular flexibility index (Phi) is 3.13. The number of carbonyl (C=O) groups excluding carboxylic acids is 2. The van der Waals surface area contributed by atoms with E-state index in [0.29, 0.717) is 0 Å². The minimum absolute atomic E-state index is 0.169. The maximum atomic E-state index is 12.0. The fourth-order valence-electron chi connectivity index (χ4n) is 2.64. The molecule has 8 nitrogen and oxygen atoms in total. The molecule has 0 aromatic heterocycles. The highest BCUT2D eigenvalue weighted by Gasteiger charge is 2.49. The third-order valence-corrected chi connectivity index (χ3v) is 3.59. The molecule has 0 bridgehead atoms. The molecule has 2 saturated heterocycles. The molecule has 2 fully saturated rings. The highest BCUT2D eigenvalue weighted by atomic mass is 16.4. The number of fused-ring (bicyclic) bond motifs is 1. The molecule has 2 heterocycles. The Morgan fingerprint density at radius 2 is 1.90 bits per heavy atom. The lowest BCUT2D eigenvalue weighted by Gasteiger charge is -2.27. The van der Waals surface area contributed by atoms with Gasteiger partial charge in [0.25, 0.3) is 0 Å². The molecule has 4 amide bonds. The number of benzene rings is 1. The van der Waals surface area contributed by atoms with E-state index in [1.165, 1.54) is 0 Å². The second-order valence-electron chi connectivity index (χ2n) is 4.94. The molecule has 0 saturated carbocycles. The summed E-state index contributed by atoms with van der Waals surface area (Å²) in [5, 5.41) is 17.1. The predicted octanol–water partition coefficient (Wildman–Crippen LogP) is -0.328. The Morgan fingerprint density at radius 1 is 1.19 bits per heavy atom. The van der Waals surface area contributed by atoms with E-state index in [9.17, 15) is 19.5 Å². The predicted molar refractivity (Wildman–Crippen MR) is 71.2 cm³/mol. The average Bonchev–Trinajstić information content (AvgIpc) is 2.92. The number of hydrogen-bond acceptors (Lipinski definition) is 3. The number of amides is 4. The molecule has 4 N–H and O–H groups in total. The summed E-state index contributed by atoms with van der Waals surface area (Å²) in [6, 6.07) is 7.04. The van der Waals surface area contributed by atoms with E-state index in [-0.39, 0.29) is 6.42 Å². The maximum Gasteiger partial charge on any atom is 0.326 e. The van der Waals surface area contributed by atoms with Crippen molar-refractivity contribution in [1.82, 2.24) is 20.9 Å². The highest BCUT2D eigenvalue weighted by Crippen LogP contribution is 2.20. The lowest BCUT2D eigenvalue weighted by molar-refractivity contribution is -0.142. The van der Waals surface area contributed by atoms with Crippen LogP contribution in [0.15, 0.2) is 30.3 Å². The normalized spacial score (nSPS) is 24.9. The molecule has 3 atom stereocenters. The largest absolute Gasteiger partial charge is 0.480 e. The van der Waals surface area contributed by atoms with Gasteiger partial charge in [0.05, 0.1) is 0 Å². The topological polar surface area (TPSA) is 111 Å². The van der Waals surface area contributed by atoms with E-state index < -0.39 is 36.4 Å². The summed E-state index contributed by atoms with van der Waals surface area (Å²) in [4.78, 5) is 36.0. The van der Waals surface area contributed by atoms with Crippen molar-refractivity contribution >= 4 is 18.0 Å². The molecular formula is C13H14N4O4. The van der Waals surface area contributed by atoms with Gasteiger partial charge in [-0.25, -0.2) is 14.4 Å². The molecule has 0 aliphatic carbocycles. The van der Waals surface area contributed by atoms with Crippen molar-refractivity contribution in [3.05, 3.63) is 35.9 Å². The fourth-order valence-corrected chi connectivity index (χ4v) is 2.64. The number of rotatable bonds is 4. The van der Waals surface area contributed by atoms with Crippen LogP contribution in [0.2, 0.25) is 0 Å². The zero-order chi connectivity index (χ0) is 15.0. The van der Waals surface area contributed by atoms with Gasteiger partial charge in [0.15, 0.2) is 0 Å². The first kappa shape index (κ1) is 13.2. The van der Waals surface area contributed by atoms with Crippen LogP contribution in [-0.2, 0) is 11.2 Å². The van der Waals surface area contributed by atoms with Crippen molar-refractivity contribution in [2.45, 2.75) is 24.8 Å². The van der Waals surface area contributed by atoms with Gasteiger partial charge in [-0.2, -0.15) is 0 Å². The van der Waals surface area contributed by atoms with Gasteiger partial charge in [-0.3, -0.25) is 4.90 Å². The SMILES string of the molecule is O=C1N[C@H]2NC(=O)N([C@H](Cc3ccccc3)C(=O)O)[C@H]2N1. The Morgan fingerprint density at radius 3 is 2.57 bits per heavy atom. The third-order valence-electron chi connectivity index (χ3n) is 3.59. The number of nitrogens with one attached hydrogen (secondary N) is 3. The summed E-state index contributed by atoms with van der Waals surface area (Å²) in [7, 11) is 0. The minimum atomic E-state index is -1.11. The second-order valence-corrected chi connectivity index (χ2v) is 4.94. The van der Waals surface area contributed by atoms with Crippen molar-refractivity contribution in [2.24, 2.45) is 0 Å². The number of nitrogens with zero attached hydrogens (tertiary/aromatic N) is 1. The quantitative estimate of drug-likeness (QED) is 0.608. The van der Waals surface area contributed by atoms with Crippen LogP contribution in [0.4, 0.5) is 9.59 Å². The van der Waals surface area contributed by atoms with Crippen LogP contribution in [0.25, 0.3) is 0 Å². The molecule has 1 aromatic rings. The molecule has 2 aliphatic rings. The highest BCUT2D eigenvalue weighted by molar-refractivity contribution is 5.88. The molecule has 21 heavy (non-hydrogen) atoms. The van der Waals surface area contributed by atoms with Gasteiger partial charge in [0.1, 0.15) is 18.4 Å². The smallest absolute Gasteiger partial charge is 0.326 e. The van der Waals surface area contributed by atoms with Gasteiger partial charge in [0, 0.05) is 6.42 Å². The summed E-state index contributed by atoms with van der Waals surface area (Å²) < 4.78 is 0. The summed E-state index contributed by atoms with van der Waals surface area (Å²) >= 11 is 0. The maximum absolute atomic E-state index is 12.0. The lowest BCUT2D eigenvalue weighted by atomic mass is 10.0. The van der Waals surface area contributed by atoms with E-state index in [0.717, 1.165) is 10.5 Å². The van der Waals surface area contributed by atoms with Crippen molar-refractivity contribution in [3.63, 3.8) is 0 Å². The van der Waals surface area contributed by atoms with Gasteiger partial charge in [0.2, 0.25) is 0 Å². The molecule has 8 heteroatoms. The van der Waals surface area contributed by atoms with Crippen LogP contribution in [0, 0.1) is 0 Å². The number of carboxylic acid groups (broad SMARTS) is 1. The van der Waals surface area contributed by atoms with Gasteiger partial charge in [-0.15, -0.1) is 0 Å². The van der Waals surface area contributed by atoms with Crippen molar-refractivity contribution in [2.75, 3.05) is 0 Å². The van der Waals surface area contributed by atoms with Crippen molar-refractivity contribution < 1.29 is 19.5 Å². The van der Waals surface area contributed by atoms with Crippen LogP contribution in [0.1, 0.15) is 5.56 Å². The Labute approximate surface area is 120 Å². The first-order chi connectivity index (χ1) is 10.1. The lowest BCUT2D eigenvalue weighted by Crippen LogP contribution is -2.53. The molecule has 2 aliphatic heterocycles. The number of carbonyl (C=O) groups is 3. The zero-order valence-corrected chi connectivity index (χ0v) is 10.9. The van der Waals surface area contributed by atoms with E-state index in [1.54, 1.807) is 24.3 Å². The molecule has 0 spiro atoms. The molecule has 110 valence electrons. The van der Waals surface area contributed by atoms with Gasteiger partial charge in [-0.05, 0) is 5.56 Å². The fraction of sp³-hybridized carbons (Fsp3) is 0.308. The molecule has 0 unspecified atom stereocenters. The Hall–Kier alpha value is -2.77. The van der Waals surface area contributed by atoms with Crippen LogP contribution in [-0.4, -0.2) is 46.4 Å². The van der Waals surface area contributed by atoms with Gasteiger partial charge >= 0.3 is 18.0 Å². The third kappa shape index (κ3) is 2.35. The Bertz CT molecular complexity index is 591. The minimum Gasteiger partial charge on any atom is -0.480 e. The van der Waals surface area contributed by atoms with E-state index in [2.05, 4.69) is 16.0 Å². The summed E-state index contributed by atoms with van der Waals surface area (Å²) in [6.07, 6.45) is -1.14. The van der Waals surface area contributed by atoms with Crippen LogP contribution in [0.5, 0.6) is 0 Å². The van der Waals surface area contributed by atoms with E-state index in [1.807, 2.05) is 6.07 Å². The Balaban J connectivity index is 1.85. The number of carboxylic acids is 1. The zero-order valence-electron chi connectivity index (χ0n) is 10.9. The first-order valence-electron chi connectivity index (χ1n) is 6.49. The number of urea groups is 2. The van der Waals surface area contributed by atoms with Crippen LogP contribution in [0.3, 0.4) is 0 Å². The first-order valence-corrected chi connectivity index (χ1v) is 6.49. The average molecular weight is 290 g/mol. The van der Waals surface area contributed by atoms with E-state index >= 15 is 0 Å². The molecule has 0 radical (unpaired) electrons. The second kappa shape index (κ2) is 4.97. The number of hydrogen-bond donors (Lipinski definition) is 4. The van der Waals surface area contributed by atoms with Crippen LogP contribution >= 0.6 is 0 Å². The van der Waals surface area contributed by atoms with Crippen LogP contribution < -0.4 is 16.0 Å².